The normalized spacial score (nSPS) is 34.8. The van der Waals surface area contributed by atoms with Gasteiger partial charge >= 0.3 is 0 Å². The van der Waals surface area contributed by atoms with E-state index in [9.17, 15) is 9.59 Å². The van der Waals surface area contributed by atoms with E-state index in [1.165, 1.54) is 0 Å². The summed E-state index contributed by atoms with van der Waals surface area (Å²) in [5.41, 5.74) is -0.674. The van der Waals surface area contributed by atoms with Gasteiger partial charge in [0.1, 0.15) is 5.60 Å². The summed E-state index contributed by atoms with van der Waals surface area (Å²) in [6, 6.07) is 0. The first kappa shape index (κ1) is 8.69. The molecule has 0 saturated carbocycles. The Hall–Kier alpha value is -0.900. The number of rotatable bonds is 0. The summed E-state index contributed by atoms with van der Waals surface area (Å²) in [7, 11) is 0. The Bertz CT molecular complexity index is 243. The van der Waals surface area contributed by atoms with Crippen LogP contribution in [0.4, 0.5) is 0 Å². The molecule has 2 aliphatic heterocycles. The first-order valence-corrected chi connectivity index (χ1v) is 4.67. The lowest BCUT2D eigenvalue weighted by atomic mass is 9.93. The average Bonchev–Trinajstić information content (AvgIpc) is 2.55. The van der Waals surface area contributed by atoms with Crippen LogP contribution in [0.3, 0.4) is 0 Å². The summed E-state index contributed by atoms with van der Waals surface area (Å²) in [4.78, 5) is 22.7. The minimum absolute atomic E-state index is 0.0410. The molecular weight excluding hydrogens is 170 g/mol. The molecule has 1 unspecified atom stereocenters. The molecule has 13 heavy (non-hydrogen) atoms. The van der Waals surface area contributed by atoms with E-state index in [0.717, 1.165) is 12.8 Å². The van der Waals surface area contributed by atoms with Gasteiger partial charge in [-0.2, -0.15) is 0 Å². The number of carbonyl (C=O) groups excluding carboxylic acids is 2. The second-order valence-electron chi connectivity index (χ2n) is 3.65. The highest BCUT2D eigenvalue weighted by atomic mass is 16.5. The topological polar surface area (TPSA) is 55.4 Å². The van der Waals surface area contributed by atoms with Crippen LogP contribution >= 0.6 is 0 Å². The van der Waals surface area contributed by atoms with Gasteiger partial charge < -0.3 is 10.1 Å². The van der Waals surface area contributed by atoms with Crippen molar-refractivity contribution in [1.82, 2.24) is 5.32 Å². The van der Waals surface area contributed by atoms with Crippen molar-refractivity contribution in [2.75, 3.05) is 13.2 Å². The van der Waals surface area contributed by atoms with Crippen LogP contribution in [-0.2, 0) is 14.3 Å². The predicted molar refractivity (Wildman–Crippen MR) is 45.2 cm³/mol. The van der Waals surface area contributed by atoms with Crippen LogP contribution in [0.1, 0.15) is 25.7 Å². The Balaban J connectivity index is 2.16. The van der Waals surface area contributed by atoms with Crippen LogP contribution in [0.25, 0.3) is 0 Å². The van der Waals surface area contributed by atoms with Crippen molar-refractivity contribution in [3.05, 3.63) is 0 Å². The fourth-order valence-electron chi connectivity index (χ4n) is 1.94. The smallest absolute Gasteiger partial charge is 0.220 e. The van der Waals surface area contributed by atoms with E-state index < -0.39 is 5.60 Å². The maximum absolute atomic E-state index is 11.7. The van der Waals surface area contributed by atoms with Gasteiger partial charge in [0.2, 0.25) is 5.91 Å². The van der Waals surface area contributed by atoms with Crippen molar-refractivity contribution in [2.24, 2.45) is 0 Å². The van der Waals surface area contributed by atoms with E-state index in [2.05, 4.69) is 5.32 Å². The standard InChI is InChI=1S/C9H13NO3/c11-7-2-3-8(12)10-6-9(7)4-1-5-13-9/h1-6H2,(H,10,12). The Labute approximate surface area is 76.6 Å². The summed E-state index contributed by atoms with van der Waals surface area (Å²) in [6.45, 7) is 1.01. The zero-order valence-corrected chi connectivity index (χ0v) is 7.47. The molecule has 2 aliphatic rings. The summed E-state index contributed by atoms with van der Waals surface area (Å²) >= 11 is 0. The monoisotopic (exact) mass is 183 g/mol. The molecule has 1 atom stereocenters. The van der Waals surface area contributed by atoms with Crippen LogP contribution in [0.2, 0.25) is 0 Å². The summed E-state index contributed by atoms with van der Waals surface area (Å²) in [5, 5.41) is 2.72. The van der Waals surface area contributed by atoms with Crippen molar-refractivity contribution in [2.45, 2.75) is 31.3 Å². The number of hydrogen-bond acceptors (Lipinski definition) is 3. The zero-order valence-electron chi connectivity index (χ0n) is 7.47. The molecule has 4 nitrogen and oxygen atoms in total. The number of carbonyl (C=O) groups is 2. The molecule has 2 heterocycles. The van der Waals surface area contributed by atoms with Gasteiger partial charge in [-0.15, -0.1) is 0 Å². The van der Waals surface area contributed by atoms with Crippen molar-refractivity contribution < 1.29 is 14.3 Å². The minimum atomic E-state index is -0.674. The minimum Gasteiger partial charge on any atom is -0.365 e. The predicted octanol–water partition coefficient (Wildman–Crippen LogP) is 0.0147. The molecule has 0 bridgehead atoms. The number of nitrogens with one attached hydrogen (secondary N) is 1. The van der Waals surface area contributed by atoms with Gasteiger partial charge in [-0.3, -0.25) is 9.59 Å². The van der Waals surface area contributed by atoms with Crippen LogP contribution < -0.4 is 5.32 Å². The third kappa shape index (κ3) is 1.46. The molecule has 0 radical (unpaired) electrons. The Morgan fingerprint density at radius 1 is 1.31 bits per heavy atom. The average molecular weight is 183 g/mol. The Morgan fingerprint density at radius 3 is 2.85 bits per heavy atom. The third-order valence-electron chi connectivity index (χ3n) is 2.76. The first-order chi connectivity index (χ1) is 6.23. The van der Waals surface area contributed by atoms with E-state index in [1.54, 1.807) is 0 Å². The Morgan fingerprint density at radius 2 is 2.15 bits per heavy atom. The van der Waals surface area contributed by atoms with E-state index >= 15 is 0 Å². The quantitative estimate of drug-likeness (QED) is 0.575. The molecule has 2 fully saturated rings. The lowest BCUT2D eigenvalue weighted by molar-refractivity contribution is -0.137. The van der Waals surface area contributed by atoms with E-state index in [1.807, 2.05) is 0 Å². The van der Waals surface area contributed by atoms with Crippen LogP contribution in [-0.4, -0.2) is 30.4 Å². The van der Waals surface area contributed by atoms with Gasteiger partial charge in [0.15, 0.2) is 5.78 Å². The van der Waals surface area contributed by atoms with Gasteiger partial charge in [0.25, 0.3) is 0 Å². The van der Waals surface area contributed by atoms with E-state index in [-0.39, 0.29) is 11.7 Å². The van der Waals surface area contributed by atoms with Gasteiger partial charge in [-0.1, -0.05) is 0 Å². The second kappa shape index (κ2) is 3.10. The number of Topliss-reactive ketones (excluding diaryl/α,β-unsaturated/α-hetero) is 1. The zero-order chi connectivity index (χ0) is 9.31. The van der Waals surface area contributed by atoms with E-state index in [0.29, 0.717) is 26.0 Å². The fourth-order valence-corrected chi connectivity index (χ4v) is 1.94. The molecule has 1 amide bonds. The SMILES string of the molecule is O=C1CCC(=O)C2(CCCO2)CN1. The van der Waals surface area contributed by atoms with Crippen LogP contribution in [0, 0.1) is 0 Å². The molecule has 2 rings (SSSR count). The van der Waals surface area contributed by atoms with Gasteiger partial charge in [-0.25, -0.2) is 0 Å². The van der Waals surface area contributed by atoms with Crippen molar-refractivity contribution in [3.63, 3.8) is 0 Å². The number of ketones is 1. The molecule has 72 valence electrons. The first-order valence-electron chi connectivity index (χ1n) is 4.67. The molecular formula is C9H13NO3. The molecule has 0 aliphatic carbocycles. The maximum atomic E-state index is 11.7. The number of ether oxygens (including phenoxy) is 1. The lowest BCUT2D eigenvalue weighted by Gasteiger charge is -2.24. The molecule has 0 aromatic rings. The number of amides is 1. The summed E-state index contributed by atoms with van der Waals surface area (Å²) < 4.78 is 5.46. The second-order valence-corrected chi connectivity index (χ2v) is 3.65. The van der Waals surface area contributed by atoms with Crippen LogP contribution in [0.5, 0.6) is 0 Å². The van der Waals surface area contributed by atoms with Gasteiger partial charge in [-0.05, 0) is 12.8 Å². The van der Waals surface area contributed by atoms with Gasteiger partial charge in [0, 0.05) is 19.4 Å². The molecule has 4 heteroatoms. The third-order valence-corrected chi connectivity index (χ3v) is 2.76. The van der Waals surface area contributed by atoms with Crippen LogP contribution in [0.15, 0.2) is 0 Å². The molecule has 1 spiro atoms. The van der Waals surface area contributed by atoms with Crippen molar-refractivity contribution in [3.8, 4) is 0 Å². The molecule has 0 aromatic carbocycles. The highest BCUT2D eigenvalue weighted by Gasteiger charge is 2.43. The molecule has 0 aromatic heterocycles. The van der Waals surface area contributed by atoms with E-state index in [4.69, 9.17) is 4.74 Å². The number of hydrogen-bond donors (Lipinski definition) is 1. The fraction of sp³-hybridized carbons (Fsp3) is 0.778. The lowest BCUT2D eigenvalue weighted by Crippen LogP contribution is -2.45. The molecule has 1 N–H and O–H groups in total. The molecule has 2 saturated heterocycles. The van der Waals surface area contributed by atoms with Gasteiger partial charge in [0.05, 0.1) is 6.54 Å². The van der Waals surface area contributed by atoms with Crippen molar-refractivity contribution in [1.29, 1.82) is 0 Å². The summed E-state index contributed by atoms with van der Waals surface area (Å²) in [6.07, 6.45) is 2.31. The maximum Gasteiger partial charge on any atom is 0.220 e. The summed E-state index contributed by atoms with van der Waals surface area (Å²) in [5.74, 6) is 0.0454. The van der Waals surface area contributed by atoms with Crippen molar-refractivity contribution >= 4 is 11.7 Å². The highest BCUT2D eigenvalue weighted by molar-refractivity contribution is 5.93. The Kier molecular flexibility index (Phi) is 2.07. The highest BCUT2D eigenvalue weighted by Crippen LogP contribution is 2.29. The largest absolute Gasteiger partial charge is 0.365 e.